The second kappa shape index (κ2) is 7.90. The van der Waals surface area contributed by atoms with Crippen molar-refractivity contribution in [2.75, 3.05) is 7.11 Å². The third-order valence-corrected chi connectivity index (χ3v) is 4.70. The van der Waals surface area contributed by atoms with Crippen LogP contribution in [0.5, 0.6) is 5.75 Å². The highest BCUT2D eigenvalue weighted by atomic mass is 35.5. The van der Waals surface area contributed by atoms with Crippen molar-refractivity contribution in [1.82, 2.24) is 5.32 Å². The van der Waals surface area contributed by atoms with Crippen LogP contribution in [0.25, 0.3) is 0 Å². The Balaban J connectivity index is 1.92. The molecule has 2 nitrogen and oxygen atoms in total. The first-order valence-electron chi connectivity index (χ1n) is 7.76. The van der Waals surface area contributed by atoms with E-state index in [-0.39, 0.29) is 0 Å². The van der Waals surface area contributed by atoms with Crippen molar-refractivity contribution in [3.63, 3.8) is 0 Å². The number of halogens is 1. The smallest absolute Gasteiger partial charge is 0.123 e. The maximum Gasteiger partial charge on any atom is 0.123 e. The minimum Gasteiger partial charge on any atom is -0.496 e. The van der Waals surface area contributed by atoms with Crippen molar-refractivity contribution >= 4 is 11.6 Å². The molecule has 1 fully saturated rings. The van der Waals surface area contributed by atoms with Gasteiger partial charge in [0.05, 0.1) is 7.11 Å². The average molecular weight is 296 g/mol. The molecule has 1 N–H and O–H groups in total. The molecule has 0 unspecified atom stereocenters. The lowest BCUT2D eigenvalue weighted by molar-refractivity contribution is 0.333. The third-order valence-electron chi connectivity index (χ3n) is 4.46. The fourth-order valence-corrected chi connectivity index (χ4v) is 3.33. The van der Waals surface area contributed by atoms with Crippen LogP contribution >= 0.6 is 11.6 Å². The second-order valence-electron chi connectivity index (χ2n) is 5.88. The number of hydrogen-bond donors (Lipinski definition) is 1. The molecule has 0 spiro atoms. The topological polar surface area (TPSA) is 21.3 Å². The second-order valence-corrected chi connectivity index (χ2v) is 6.31. The molecule has 1 aromatic carbocycles. The molecular weight excluding hydrogens is 270 g/mol. The maximum absolute atomic E-state index is 6.08. The highest BCUT2D eigenvalue weighted by Crippen LogP contribution is 2.27. The Morgan fingerprint density at radius 3 is 2.60 bits per heavy atom. The van der Waals surface area contributed by atoms with Gasteiger partial charge in [-0.15, -0.1) is 0 Å². The molecule has 1 atom stereocenters. The van der Waals surface area contributed by atoms with Gasteiger partial charge in [-0.1, -0.05) is 37.3 Å². The Morgan fingerprint density at radius 2 is 1.95 bits per heavy atom. The number of benzene rings is 1. The zero-order valence-electron chi connectivity index (χ0n) is 12.6. The van der Waals surface area contributed by atoms with Gasteiger partial charge >= 0.3 is 0 Å². The van der Waals surface area contributed by atoms with E-state index in [9.17, 15) is 0 Å². The standard InChI is InChI=1S/C17H26ClNO/c1-13(14-7-5-3-4-6-8-14)19-12-15-11-16(18)9-10-17(15)20-2/h9-11,13-14,19H,3-8,12H2,1-2H3/t13-/m0/s1. The van der Waals surface area contributed by atoms with Crippen LogP contribution < -0.4 is 10.1 Å². The number of hydrogen-bond acceptors (Lipinski definition) is 2. The van der Waals surface area contributed by atoms with Crippen LogP contribution in [0.2, 0.25) is 5.02 Å². The molecule has 20 heavy (non-hydrogen) atoms. The van der Waals surface area contributed by atoms with Gasteiger partial charge in [-0.25, -0.2) is 0 Å². The van der Waals surface area contributed by atoms with Crippen LogP contribution in [0.1, 0.15) is 51.0 Å². The van der Waals surface area contributed by atoms with Crippen LogP contribution in [-0.4, -0.2) is 13.2 Å². The van der Waals surface area contributed by atoms with Crippen molar-refractivity contribution in [2.24, 2.45) is 5.92 Å². The van der Waals surface area contributed by atoms with Crippen LogP contribution in [0.4, 0.5) is 0 Å². The SMILES string of the molecule is COc1ccc(Cl)cc1CN[C@@H](C)C1CCCCCC1. The molecule has 1 aliphatic carbocycles. The predicted molar refractivity (Wildman–Crippen MR) is 85.5 cm³/mol. The van der Waals surface area contributed by atoms with Crippen molar-refractivity contribution in [2.45, 2.75) is 58.0 Å². The molecule has 1 aromatic rings. The molecule has 1 aliphatic rings. The molecule has 0 aliphatic heterocycles. The van der Waals surface area contributed by atoms with Crippen molar-refractivity contribution in [1.29, 1.82) is 0 Å². The van der Waals surface area contributed by atoms with E-state index in [0.29, 0.717) is 6.04 Å². The lowest BCUT2D eigenvalue weighted by Crippen LogP contribution is -2.33. The highest BCUT2D eigenvalue weighted by Gasteiger charge is 2.18. The van der Waals surface area contributed by atoms with Crippen LogP contribution in [0.3, 0.4) is 0 Å². The largest absolute Gasteiger partial charge is 0.496 e. The van der Waals surface area contributed by atoms with Crippen LogP contribution in [0, 0.1) is 5.92 Å². The van der Waals surface area contributed by atoms with Gasteiger partial charge in [-0.2, -0.15) is 0 Å². The fourth-order valence-electron chi connectivity index (χ4n) is 3.13. The van der Waals surface area contributed by atoms with Crippen molar-refractivity contribution in [3.05, 3.63) is 28.8 Å². The molecule has 0 amide bonds. The molecule has 0 radical (unpaired) electrons. The summed E-state index contributed by atoms with van der Waals surface area (Å²) in [5.41, 5.74) is 1.14. The average Bonchev–Trinajstić information content (AvgIpc) is 2.74. The summed E-state index contributed by atoms with van der Waals surface area (Å²) < 4.78 is 5.40. The van der Waals surface area contributed by atoms with E-state index in [4.69, 9.17) is 16.3 Å². The Labute approximate surface area is 127 Å². The number of ether oxygens (including phenoxy) is 1. The van der Waals surface area contributed by atoms with E-state index in [1.54, 1.807) is 7.11 Å². The molecule has 0 heterocycles. The van der Waals surface area contributed by atoms with Crippen molar-refractivity contribution < 1.29 is 4.74 Å². The van der Waals surface area contributed by atoms with Crippen LogP contribution in [-0.2, 0) is 6.54 Å². The van der Waals surface area contributed by atoms with Gasteiger partial charge in [0.2, 0.25) is 0 Å². The van der Waals surface area contributed by atoms with Crippen molar-refractivity contribution in [3.8, 4) is 5.75 Å². The highest BCUT2D eigenvalue weighted by molar-refractivity contribution is 6.30. The molecule has 0 aromatic heterocycles. The van der Waals surface area contributed by atoms with Gasteiger partial charge in [0, 0.05) is 23.2 Å². The summed E-state index contributed by atoms with van der Waals surface area (Å²) in [6.45, 7) is 3.13. The third kappa shape index (κ3) is 4.39. The Bertz CT molecular complexity index is 413. The Hall–Kier alpha value is -0.730. The minimum absolute atomic E-state index is 0.553. The van der Waals surface area contributed by atoms with E-state index < -0.39 is 0 Å². The Kier molecular flexibility index (Phi) is 6.18. The molecule has 112 valence electrons. The molecule has 0 saturated heterocycles. The Morgan fingerprint density at radius 1 is 1.25 bits per heavy atom. The van der Waals surface area contributed by atoms with E-state index >= 15 is 0 Å². The lowest BCUT2D eigenvalue weighted by atomic mass is 9.93. The molecule has 2 rings (SSSR count). The normalized spacial score (nSPS) is 18.6. The molecule has 1 saturated carbocycles. The predicted octanol–water partition coefficient (Wildman–Crippen LogP) is 4.80. The number of rotatable bonds is 5. The van der Waals surface area contributed by atoms with Gasteiger partial charge in [0.1, 0.15) is 5.75 Å². The van der Waals surface area contributed by atoms with E-state index in [1.807, 2.05) is 18.2 Å². The fraction of sp³-hybridized carbons (Fsp3) is 0.647. The summed E-state index contributed by atoms with van der Waals surface area (Å²) >= 11 is 6.08. The van der Waals surface area contributed by atoms with E-state index in [1.165, 1.54) is 38.5 Å². The number of methoxy groups -OCH3 is 1. The molecule has 0 bridgehead atoms. The van der Waals surface area contributed by atoms with E-state index in [2.05, 4.69) is 12.2 Å². The van der Waals surface area contributed by atoms with E-state index in [0.717, 1.165) is 28.8 Å². The summed E-state index contributed by atoms with van der Waals surface area (Å²) in [4.78, 5) is 0. The summed E-state index contributed by atoms with van der Waals surface area (Å²) in [7, 11) is 1.71. The van der Waals surface area contributed by atoms with Crippen LogP contribution in [0.15, 0.2) is 18.2 Å². The van der Waals surface area contributed by atoms with Gasteiger partial charge in [-0.3, -0.25) is 0 Å². The number of nitrogens with one attached hydrogen (secondary N) is 1. The first-order chi connectivity index (χ1) is 9.70. The van der Waals surface area contributed by atoms with Gasteiger partial charge in [0.25, 0.3) is 0 Å². The summed E-state index contributed by atoms with van der Waals surface area (Å²) in [6.07, 6.45) is 8.31. The first-order valence-corrected chi connectivity index (χ1v) is 8.14. The maximum atomic E-state index is 6.08. The minimum atomic E-state index is 0.553. The summed E-state index contributed by atoms with van der Waals surface area (Å²) in [5, 5.41) is 4.43. The summed E-state index contributed by atoms with van der Waals surface area (Å²) in [6, 6.07) is 6.36. The van der Waals surface area contributed by atoms with Gasteiger partial charge < -0.3 is 10.1 Å². The monoisotopic (exact) mass is 295 g/mol. The first kappa shape index (κ1) is 15.7. The van der Waals surface area contributed by atoms with Gasteiger partial charge in [0.15, 0.2) is 0 Å². The lowest BCUT2D eigenvalue weighted by Gasteiger charge is -2.24. The molecular formula is C17H26ClNO. The molecule has 3 heteroatoms. The van der Waals surface area contributed by atoms with Gasteiger partial charge in [-0.05, 0) is 43.9 Å². The summed E-state index contributed by atoms with van der Waals surface area (Å²) in [5.74, 6) is 1.72. The zero-order chi connectivity index (χ0) is 14.4. The quantitative estimate of drug-likeness (QED) is 0.788. The zero-order valence-corrected chi connectivity index (χ0v) is 13.4.